The van der Waals surface area contributed by atoms with Gasteiger partial charge in [-0.05, 0) is 44.0 Å². The second kappa shape index (κ2) is 6.92. The van der Waals surface area contributed by atoms with E-state index in [2.05, 4.69) is 48.3 Å². The Labute approximate surface area is 116 Å². The molecule has 0 bridgehead atoms. The monoisotopic (exact) mass is 262 g/mol. The highest BCUT2D eigenvalue weighted by molar-refractivity contribution is 5.48. The predicted molar refractivity (Wildman–Crippen MR) is 80.6 cm³/mol. The first-order valence-corrected chi connectivity index (χ1v) is 7.43. The molecular formula is C16H26N2O. The predicted octanol–water partition coefficient (Wildman–Crippen LogP) is 2.57. The summed E-state index contributed by atoms with van der Waals surface area (Å²) in [6, 6.07) is 9.26. The summed E-state index contributed by atoms with van der Waals surface area (Å²) in [5, 5.41) is 12.7. The van der Waals surface area contributed by atoms with Gasteiger partial charge in [0.25, 0.3) is 0 Å². The quantitative estimate of drug-likeness (QED) is 0.827. The Balaban J connectivity index is 1.95. The summed E-state index contributed by atoms with van der Waals surface area (Å²) in [5.41, 5.74) is 2.62. The van der Waals surface area contributed by atoms with Crippen molar-refractivity contribution >= 4 is 5.69 Å². The average Bonchev–Trinajstić information content (AvgIpc) is 2.94. The van der Waals surface area contributed by atoms with Crippen molar-refractivity contribution in [1.82, 2.24) is 5.32 Å². The van der Waals surface area contributed by atoms with Crippen LogP contribution in [0.3, 0.4) is 0 Å². The Bertz CT molecular complexity index is 377. The summed E-state index contributed by atoms with van der Waals surface area (Å²) in [6.45, 7) is 7.82. The van der Waals surface area contributed by atoms with Crippen molar-refractivity contribution in [2.24, 2.45) is 5.92 Å². The summed E-state index contributed by atoms with van der Waals surface area (Å²) in [6.07, 6.45) is 2.27. The summed E-state index contributed by atoms with van der Waals surface area (Å²) in [5.74, 6) is 0.449. The van der Waals surface area contributed by atoms with Gasteiger partial charge in [-0.1, -0.05) is 19.1 Å². The van der Waals surface area contributed by atoms with Crippen LogP contribution in [0.1, 0.15) is 38.3 Å². The summed E-state index contributed by atoms with van der Waals surface area (Å²) >= 11 is 0. The summed E-state index contributed by atoms with van der Waals surface area (Å²) < 4.78 is 0. The van der Waals surface area contributed by atoms with Gasteiger partial charge in [-0.3, -0.25) is 0 Å². The van der Waals surface area contributed by atoms with Gasteiger partial charge in [0.15, 0.2) is 0 Å². The first kappa shape index (κ1) is 14.4. The van der Waals surface area contributed by atoms with Gasteiger partial charge in [0.1, 0.15) is 0 Å². The molecule has 1 aliphatic rings. The molecule has 0 aromatic heterocycles. The number of nitrogens with zero attached hydrogens (tertiary/aromatic N) is 1. The van der Waals surface area contributed by atoms with Gasteiger partial charge in [-0.15, -0.1) is 0 Å². The van der Waals surface area contributed by atoms with Crippen molar-refractivity contribution in [3.8, 4) is 0 Å². The van der Waals surface area contributed by atoms with Crippen molar-refractivity contribution in [3.63, 3.8) is 0 Å². The van der Waals surface area contributed by atoms with E-state index in [0.717, 1.165) is 26.1 Å². The number of nitrogens with one attached hydrogen (secondary N) is 1. The Kier molecular flexibility index (Phi) is 5.23. The van der Waals surface area contributed by atoms with Crippen LogP contribution in [-0.4, -0.2) is 31.3 Å². The van der Waals surface area contributed by atoms with Crippen LogP contribution in [0.2, 0.25) is 0 Å². The van der Waals surface area contributed by atoms with Gasteiger partial charge in [0.2, 0.25) is 0 Å². The van der Waals surface area contributed by atoms with Crippen molar-refractivity contribution < 1.29 is 5.11 Å². The molecule has 1 aliphatic heterocycles. The topological polar surface area (TPSA) is 35.5 Å². The highest BCUT2D eigenvalue weighted by atomic mass is 16.3. The number of benzene rings is 1. The van der Waals surface area contributed by atoms with Crippen molar-refractivity contribution in [3.05, 3.63) is 29.8 Å². The second-order valence-electron chi connectivity index (χ2n) is 5.55. The number of anilines is 1. The molecule has 2 N–H and O–H groups in total. The first-order chi connectivity index (χ1) is 9.24. The zero-order valence-corrected chi connectivity index (χ0v) is 12.1. The van der Waals surface area contributed by atoms with Crippen LogP contribution in [0.15, 0.2) is 24.3 Å². The Hall–Kier alpha value is -1.06. The zero-order chi connectivity index (χ0) is 13.7. The maximum atomic E-state index is 9.20. The molecule has 0 radical (unpaired) electrons. The maximum absolute atomic E-state index is 9.20. The maximum Gasteiger partial charge on any atom is 0.0476 e. The molecule has 3 heteroatoms. The third-order valence-corrected chi connectivity index (χ3v) is 4.00. The van der Waals surface area contributed by atoms with E-state index in [9.17, 15) is 5.11 Å². The first-order valence-electron chi connectivity index (χ1n) is 7.43. The zero-order valence-electron chi connectivity index (χ0n) is 12.1. The van der Waals surface area contributed by atoms with Gasteiger partial charge in [-0.25, -0.2) is 0 Å². The van der Waals surface area contributed by atoms with Gasteiger partial charge >= 0.3 is 0 Å². The molecule has 2 atom stereocenters. The normalized spacial score (nSPS) is 20.8. The lowest BCUT2D eigenvalue weighted by molar-refractivity contribution is 0.238. The highest BCUT2D eigenvalue weighted by Crippen LogP contribution is 2.25. The molecule has 106 valence electrons. The summed E-state index contributed by atoms with van der Waals surface area (Å²) in [4.78, 5) is 2.37. The van der Waals surface area contributed by atoms with E-state index in [4.69, 9.17) is 0 Å². The van der Waals surface area contributed by atoms with Gasteiger partial charge in [0, 0.05) is 37.3 Å². The van der Waals surface area contributed by atoms with Crippen LogP contribution < -0.4 is 10.2 Å². The standard InChI is InChI=1S/C16H26N2O/c1-3-9-17-13(2)15-4-6-16(7-5-15)18-10-8-14(11-18)12-19/h4-7,13-14,17,19H,3,8-12H2,1-2H3. The van der Waals surface area contributed by atoms with Crippen LogP contribution in [0, 0.1) is 5.92 Å². The highest BCUT2D eigenvalue weighted by Gasteiger charge is 2.21. The number of aliphatic hydroxyl groups excluding tert-OH is 1. The molecule has 3 nitrogen and oxygen atoms in total. The molecular weight excluding hydrogens is 236 g/mol. The third-order valence-electron chi connectivity index (χ3n) is 4.00. The number of hydrogen-bond donors (Lipinski definition) is 2. The molecule has 0 spiro atoms. The molecule has 1 aromatic rings. The minimum absolute atomic E-state index is 0.312. The average molecular weight is 262 g/mol. The van der Waals surface area contributed by atoms with E-state index in [1.165, 1.54) is 17.7 Å². The molecule has 0 amide bonds. The van der Waals surface area contributed by atoms with E-state index in [1.54, 1.807) is 0 Å². The minimum Gasteiger partial charge on any atom is -0.396 e. The Morgan fingerprint density at radius 3 is 2.68 bits per heavy atom. The smallest absolute Gasteiger partial charge is 0.0476 e. The van der Waals surface area contributed by atoms with Crippen LogP contribution >= 0.6 is 0 Å². The van der Waals surface area contributed by atoms with E-state index in [0.29, 0.717) is 18.6 Å². The van der Waals surface area contributed by atoms with Gasteiger partial charge in [0.05, 0.1) is 0 Å². The molecule has 0 aliphatic carbocycles. The summed E-state index contributed by atoms with van der Waals surface area (Å²) in [7, 11) is 0. The fourth-order valence-corrected chi connectivity index (χ4v) is 2.67. The lowest BCUT2D eigenvalue weighted by atomic mass is 10.1. The molecule has 1 heterocycles. The Morgan fingerprint density at radius 1 is 1.37 bits per heavy atom. The lowest BCUT2D eigenvalue weighted by Crippen LogP contribution is -2.21. The van der Waals surface area contributed by atoms with Gasteiger partial charge < -0.3 is 15.3 Å². The molecule has 1 saturated heterocycles. The van der Waals surface area contributed by atoms with Crippen molar-refractivity contribution in [1.29, 1.82) is 0 Å². The minimum atomic E-state index is 0.312. The number of hydrogen-bond acceptors (Lipinski definition) is 3. The third kappa shape index (κ3) is 3.71. The second-order valence-corrected chi connectivity index (χ2v) is 5.55. The van der Waals surface area contributed by atoms with Crippen LogP contribution in [-0.2, 0) is 0 Å². The molecule has 1 aromatic carbocycles. The van der Waals surface area contributed by atoms with Crippen LogP contribution in [0.5, 0.6) is 0 Å². The SMILES string of the molecule is CCCNC(C)c1ccc(N2CCC(CO)C2)cc1. The van der Waals surface area contributed by atoms with E-state index < -0.39 is 0 Å². The van der Waals surface area contributed by atoms with E-state index >= 15 is 0 Å². The van der Waals surface area contributed by atoms with Crippen LogP contribution in [0.25, 0.3) is 0 Å². The molecule has 2 unspecified atom stereocenters. The van der Waals surface area contributed by atoms with Gasteiger partial charge in [-0.2, -0.15) is 0 Å². The Morgan fingerprint density at radius 2 is 2.11 bits per heavy atom. The van der Waals surface area contributed by atoms with E-state index in [1.807, 2.05) is 0 Å². The molecule has 19 heavy (non-hydrogen) atoms. The molecule has 0 saturated carbocycles. The molecule has 2 rings (SSSR count). The fourth-order valence-electron chi connectivity index (χ4n) is 2.67. The largest absolute Gasteiger partial charge is 0.396 e. The molecule has 1 fully saturated rings. The number of rotatable bonds is 6. The van der Waals surface area contributed by atoms with E-state index in [-0.39, 0.29) is 0 Å². The number of aliphatic hydroxyl groups is 1. The van der Waals surface area contributed by atoms with Crippen molar-refractivity contribution in [2.75, 3.05) is 31.1 Å². The van der Waals surface area contributed by atoms with Crippen LogP contribution in [0.4, 0.5) is 5.69 Å². The van der Waals surface area contributed by atoms with Crippen molar-refractivity contribution in [2.45, 2.75) is 32.7 Å². The fraction of sp³-hybridized carbons (Fsp3) is 0.625. The lowest BCUT2D eigenvalue weighted by Gasteiger charge is -2.20.